The van der Waals surface area contributed by atoms with E-state index in [1.165, 1.54) is 29.5 Å². The topological polar surface area (TPSA) is 330 Å². The minimum Gasteiger partial charge on any atom is -0.457 e. The monoisotopic (exact) mass is 869 g/mol. The summed E-state index contributed by atoms with van der Waals surface area (Å²) in [5, 5.41) is 14.7. The number of imidazole rings is 1. The van der Waals surface area contributed by atoms with Gasteiger partial charge in [0.2, 0.25) is 0 Å². The second kappa shape index (κ2) is 18.9. The molecule has 9 N–H and O–H groups in total. The molecule has 0 saturated carbocycles. The van der Waals surface area contributed by atoms with Gasteiger partial charge in [-0.3, -0.25) is 27.5 Å². The summed E-state index contributed by atoms with van der Waals surface area (Å²) in [4.78, 5) is 70.6. The number of aliphatic hydroxyl groups excluding tert-OH is 1. The number of fused-ring (bicyclic) bond motifs is 1. The Hall–Kier alpha value is -2.74. The van der Waals surface area contributed by atoms with Crippen LogP contribution in [0.25, 0.3) is 11.2 Å². The molecule has 27 heteroatoms. The maximum absolute atomic E-state index is 13.4. The normalized spacial score (nSPS) is 25.4. The summed E-state index contributed by atoms with van der Waals surface area (Å²) in [6.45, 7) is 6.08. The number of aliphatic hydroxyl groups is 1. The van der Waals surface area contributed by atoms with Crippen LogP contribution in [-0.4, -0.2) is 122 Å². The predicted octanol–water partition coefficient (Wildman–Crippen LogP) is 0.866. The first-order chi connectivity index (χ1) is 26.3. The van der Waals surface area contributed by atoms with Crippen molar-refractivity contribution in [3.63, 3.8) is 0 Å². The molecular formula is C29H45N9O14P2S2. The number of rotatable bonds is 19. The van der Waals surface area contributed by atoms with Crippen molar-refractivity contribution in [1.29, 1.82) is 0 Å². The van der Waals surface area contributed by atoms with Gasteiger partial charge in [-0.15, -0.1) is 0 Å². The van der Waals surface area contributed by atoms with Crippen LogP contribution in [0.5, 0.6) is 0 Å². The van der Waals surface area contributed by atoms with E-state index in [0.29, 0.717) is 13.0 Å². The molecule has 0 aliphatic carbocycles. The number of ether oxygens (including phenoxy) is 3. The summed E-state index contributed by atoms with van der Waals surface area (Å²) in [6, 6.07) is 1.30. The minimum absolute atomic E-state index is 0.0226. The van der Waals surface area contributed by atoms with Crippen LogP contribution in [0.4, 0.5) is 11.6 Å². The maximum atomic E-state index is 13.4. The number of nitrogens with two attached hydrogens (primary N) is 2. The highest BCUT2D eigenvalue weighted by molar-refractivity contribution is 8.77. The van der Waals surface area contributed by atoms with E-state index in [0.717, 1.165) is 16.9 Å². The van der Waals surface area contributed by atoms with Crippen LogP contribution in [0.2, 0.25) is 0 Å². The molecule has 2 saturated heterocycles. The number of nitrogens with zero attached hydrogens (tertiary/aromatic N) is 6. The second-order valence-electron chi connectivity index (χ2n) is 13.6. The van der Waals surface area contributed by atoms with Gasteiger partial charge in [-0.1, -0.05) is 42.4 Å². The number of phosphoric ester groups is 2. The number of carbonyl (C=O) groups is 1. The van der Waals surface area contributed by atoms with Gasteiger partial charge in [0.05, 0.1) is 19.5 Å². The van der Waals surface area contributed by atoms with Crippen molar-refractivity contribution in [3.05, 3.63) is 35.4 Å². The Balaban J connectivity index is 1.25. The van der Waals surface area contributed by atoms with E-state index in [9.17, 15) is 38.5 Å². The first-order valence-electron chi connectivity index (χ1n) is 17.1. The highest BCUT2D eigenvalue weighted by Crippen LogP contribution is 2.50. The van der Waals surface area contributed by atoms with Gasteiger partial charge >= 0.3 is 27.3 Å². The average molecular weight is 870 g/mol. The first kappa shape index (κ1) is 44.4. The fourth-order valence-corrected chi connectivity index (χ4v) is 9.15. The van der Waals surface area contributed by atoms with E-state index >= 15 is 0 Å². The third kappa shape index (κ3) is 12.4. The summed E-state index contributed by atoms with van der Waals surface area (Å²) in [7, 11) is -6.60. The number of aromatic nitrogens is 6. The number of anilines is 2. The number of nitrogens with one attached hydrogen (secondary N) is 1. The molecule has 3 aromatic heterocycles. The minimum atomic E-state index is -5.11. The molecule has 56 heavy (non-hydrogen) atoms. The van der Waals surface area contributed by atoms with Gasteiger partial charge in [0.25, 0.3) is 0 Å². The molecule has 0 aromatic carbocycles. The molecule has 312 valence electrons. The van der Waals surface area contributed by atoms with E-state index < -0.39 is 83.5 Å². The van der Waals surface area contributed by atoms with E-state index in [1.807, 2.05) is 0 Å². The Morgan fingerprint density at radius 2 is 1.82 bits per heavy atom. The number of hydrogen-bond donors (Lipinski definition) is 7. The lowest BCUT2D eigenvalue weighted by Gasteiger charge is -2.24. The Labute approximate surface area is 327 Å². The highest BCUT2D eigenvalue weighted by atomic mass is 33.1. The molecule has 5 heterocycles. The van der Waals surface area contributed by atoms with E-state index in [4.69, 9.17) is 34.7 Å². The summed E-state index contributed by atoms with van der Waals surface area (Å²) < 4.78 is 59.8. The number of esters is 1. The molecule has 23 nitrogen and oxygen atoms in total. The fourth-order valence-electron chi connectivity index (χ4n) is 5.63. The summed E-state index contributed by atoms with van der Waals surface area (Å²) in [5.74, 6) is 0.171. The second-order valence-corrected chi connectivity index (χ2v) is 19.5. The molecule has 2 aliphatic rings. The van der Waals surface area contributed by atoms with Crippen LogP contribution >= 0.6 is 37.2 Å². The van der Waals surface area contributed by atoms with Gasteiger partial charge in [0, 0.05) is 36.1 Å². The van der Waals surface area contributed by atoms with E-state index in [1.54, 1.807) is 21.6 Å². The maximum Gasteiger partial charge on any atom is 0.472 e. The molecule has 3 aromatic rings. The smallest absolute Gasteiger partial charge is 0.457 e. The fraction of sp³-hybridized carbons (Fsp3) is 0.655. The van der Waals surface area contributed by atoms with Crippen LogP contribution < -0.4 is 22.5 Å². The summed E-state index contributed by atoms with van der Waals surface area (Å²) >= 11 is 0. The standard InChI is InChI=1S/C29H45N9O14P2S2/c1-29(2,3)56-55-10-8-32-7-4-5-21(39)51-24-18(50-27(23(24)40)38-15-35-22-25(31)33-14-34-26(22)38)13-48-54(45,46)52-16-11-20(37-9-6-19(30)36-28(37)41)49-17(16)12-47-53(42,43)44/h6,9,14-18,20,23-24,27,32,40H,4-5,7-8,10-13H2,1-3H3,(H,45,46)(H2,30,36,41)(H2,31,33,34)(H2,42,43,44)/t16-,17+,18?,20+,23?,24?,27?/m0/s1. The predicted molar refractivity (Wildman–Crippen MR) is 202 cm³/mol. The number of phosphoric acid groups is 2. The average Bonchev–Trinajstić information content (AvgIpc) is 3.79. The SMILES string of the molecule is CC(C)(C)SSCCNCCCC(=O)OC1C(COP(=O)(O)O[C@H]2C[C@H](n3ccc(N)nc3=O)O[C@@H]2COP(=O)(O)O)OC(n2cnc3c(N)ncnc32)C1O. The van der Waals surface area contributed by atoms with Gasteiger partial charge in [-0.05, 0) is 19.0 Å². The van der Waals surface area contributed by atoms with Crippen molar-refractivity contribution in [2.45, 2.75) is 87.8 Å². The van der Waals surface area contributed by atoms with Crippen molar-refractivity contribution in [2.24, 2.45) is 0 Å². The first-order valence-corrected chi connectivity index (χ1v) is 22.5. The van der Waals surface area contributed by atoms with Gasteiger partial charge < -0.3 is 50.8 Å². The van der Waals surface area contributed by atoms with Gasteiger partial charge in [-0.2, -0.15) is 4.98 Å². The van der Waals surface area contributed by atoms with Crippen LogP contribution in [-0.2, 0) is 41.7 Å². The molecule has 2 aliphatic heterocycles. The van der Waals surface area contributed by atoms with Crippen LogP contribution in [0, 0.1) is 0 Å². The van der Waals surface area contributed by atoms with Crippen molar-refractivity contribution in [2.75, 3.05) is 43.5 Å². The third-order valence-electron chi connectivity index (χ3n) is 8.06. The zero-order valence-electron chi connectivity index (χ0n) is 30.4. The molecule has 5 rings (SSSR count). The zero-order valence-corrected chi connectivity index (χ0v) is 33.8. The molecule has 0 radical (unpaired) electrons. The van der Waals surface area contributed by atoms with Crippen molar-refractivity contribution in [3.8, 4) is 0 Å². The lowest BCUT2D eigenvalue weighted by Crippen LogP contribution is -2.38. The molecule has 5 unspecified atom stereocenters. The molecule has 0 spiro atoms. The van der Waals surface area contributed by atoms with Crippen LogP contribution in [0.15, 0.2) is 29.7 Å². The Kier molecular flexibility index (Phi) is 15.0. The van der Waals surface area contributed by atoms with Crippen molar-refractivity contribution >= 4 is 66.0 Å². The van der Waals surface area contributed by atoms with Gasteiger partial charge in [0.1, 0.15) is 48.3 Å². The summed E-state index contributed by atoms with van der Waals surface area (Å²) in [5.41, 5.74) is 11.0. The zero-order chi connectivity index (χ0) is 40.8. The quantitative estimate of drug-likeness (QED) is 0.0380. The molecule has 8 atom stereocenters. The number of nitrogen functional groups attached to an aromatic ring is 2. The van der Waals surface area contributed by atoms with Crippen LogP contribution in [0.3, 0.4) is 0 Å². The van der Waals surface area contributed by atoms with Crippen molar-refractivity contribution in [1.82, 2.24) is 34.4 Å². The summed E-state index contributed by atoms with van der Waals surface area (Å²) in [6.07, 6.45) is -5.77. The van der Waals surface area contributed by atoms with Gasteiger partial charge in [0.15, 0.2) is 23.8 Å². The molecule has 0 amide bonds. The Morgan fingerprint density at radius 3 is 2.54 bits per heavy atom. The largest absolute Gasteiger partial charge is 0.472 e. The number of carbonyl (C=O) groups excluding carboxylic acids is 1. The molecular weight excluding hydrogens is 824 g/mol. The Bertz CT molecular complexity index is 1970. The highest BCUT2D eigenvalue weighted by Gasteiger charge is 2.49. The van der Waals surface area contributed by atoms with E-state index in [-0.39, 0.29) is 40.4 Å². The third-order valence-corrected chi connectivity index (χ3v) is 12.9. The van der Waals surface area contributed by atoms with E-state index in [2.05, 4.69) is 50.5 Å². The number of hydrogen-bond acceptors (Lipinski definition) is 20. The Morgan fingerprint density at radius 1 is 1.07 bits per heavy atom. The lowest BCUT2D eigenvalue weighted by atomic mass is 10.1. The molecule has 0 bridgehead atoms. The van der Waals surface area contributed by atoms with Gasteiger partial charge in [-0.25, -0.2) is 28.9 Å². The lowest BCUT2D eigenvalue weighted by molar-refractivity contribution is -0.156. The molecule has 2 fully saturated rings. The van der Waals surface area contributed by atoms with Crippen molar-refractivity contribution < 1.29 is 61.5 Å². The van der Waals surface area contributed by atoms with Crippen LogP contribution in [0.1, 0.15) is 52.5 Å².